The van der Waals surface area contributed by atoms with Crippen LogP contribution < -0.4 is 0 Å². The quantitative estimate of drug-likeness (QED) is 0.813. The first-order chi connectivity index (χ1) is 12.7. The molecule has 3 nitrogen and oxygen atoms in total. The van der Waals surface area contributed by atoms with Gasteiger partial charge in [-0.1, -0.05) is 54.1 Å². The maximum Gasteiger partial charge on any atom is 0.223 e. The van der Waals surface area contributed by atoms with Crippen LogP contribution >= 0.6 is 11.6 Å². The Bertz CT molecular complexity index is 711. The largest absolute Gasteiger partial charge is 0.396 e. The molecule has 1 heterocycles. The summed E-state index contributed by atoms with van der Waals surface area (Å²) in [5, 5.41) is 9.79. The summed E-state index contributed by atoms with van der Waals surface area (Å²) < 4.78 is 0. The molecule has 0 spiro atoms. The molecule has 1 atom stereocenters. The first-order valence-electron chi connectivity index (χ1n) is 9.36. The fourth-order valence-corrected chi connectivity index (χ4v) is 3.99. The molecule has 0 aliphatic carbocycles. The van der Waals surface area contributed by atoms with Gasteiger partial charge < -0.3 is 10.0 Å². The van der Waals surface area contributed by atoms with Crippen LogP contribution in [0.25, 0.3) is 0 Å². The third-order valence-corrected chi connectivity index (χ3v) is 5.57. The average molecular weight is 372 g/mol. The molecule has 1 aliphatic rings. The molecule has 0 saturated carbocycles. The first-order valence-corrected chi connectivity index (χ1v) is 9.74. The van der Waals surface area contributed by atoms with Crippen molar-refractivity contribution in [3.8, 4) is 0 Å². The second kappa shape index (κ2) is 9.20. The van der Waals surface area contributed by atoms with Gasteiger partial charge in [-0.25, -0.2) is 0 Å². The van der Waals surface area contributed by atoms with Gasteiger partial charge in [-0.15, -0.1) is 0 Å². The minimum atomic E-state index is 0.0116. The Morgan fingerprint density at radius 2 is 1.77 bits per heavy atom. The summed E-state index contributed by atoms with van der Waals surface area (Å²) in [5.74, 6) is 0.751. The standard InChI is InChI=1S/C22H26ClNO2/c23-20-8-4-7-19(15-20)21(18-5-2-1-3-6-18)16-22(26)24-12-9-17(10-13-24)11-14-25/h1-8,15,17,21,25H,9-14,16H2. The van der Waals surface area contributed by atoms with E-state index in [0.29, 0.717) is 17.4 Å². The van der Waals surface area contributed by atoms with Gasteiger partial charge >= 0.3 is 0 Å². The number of piperidine rings is 1. The van der Waals surface area contributed by atoms with Crippen LogP contribution in [0.15, 0.2) is 54.6 Å². The molecule has 3 rings (SSSR count). The van der Waals surface area contributed by atoms with Crippen LogP contribution in [-0.2, 0) is 4.79 Å². The minimum Gasteiger partial charge on any atom is -0.396 e. The second-order valence-corrected chi connectivity index (χ2v) is 7.50. The van der Waals surface area contributed by atoms with E-state index in [4.69, 9.17) is 16.7 Å². The number of benzene rings is 2. The molecule has 1 saturated heterocycles. The minimum absolute atomic E-state index is 0.0116. The molecule has 1 aliphatic heterocycles. The zero-order valence-electron chi connectivity index (χ0n) is 15.0. The molecule has 2 aromatic carbocycles. The summed E-state index contributed by atoms with van der Waals surface area (Å²) in [4.78, 5) is 14.9. The maximum absolute atomic E-state index is 12.9. The molecular weight excluding hydrogens is 346 g/mol. The number of aliphatic hydroxyl groups excluding tert-OH is 1. The van der Waals surface area contributed by atoms with E-state index in [1.807, 2.05) is 47.4 Å². The van der Waals surface area contributed by atoms with E-state index in [9.17, 15) is 4.79 Å². The monoisotopic (exact) mass is 371 g/mol. The summed E-state index contributed by atoms with van der Waals surface area (Å²) in [6, 6.07) is 18.0. The molecule has 1 N–H and O–H groups in total. The van der Waals surface area contributed by atoms with E-state index < -0.39 is 0 Å². The highest BCUT2D eigenvalue weighted by molar-refractivity contribution is 6.30. The van der Waals surface area contributed by atoms with Crippen LogP contribution in [0.4, 0.5) is 0 Å². The van der Waals surface area contributed by atoms with Crippen LogP contribution in [0.2, 0.25) is 5.02 Å². The lowest BCUT2D eigenvalue weighted by Gasteiger charge is -2.33. The number of hydrogen-bond acceptors (Lipinski definition) is 2. The Morgan fingerprint density at radius 1 is 1.08 bits per heavy atom. The van der Waals surface area contributed by atoms with Crippen molar-refractivity contribution in [2.75, 3.05) is 19.7 Å². The summed E-state index contributed by atoms with van der Waals surface area (Å²) >= 11 is 6.19. The van der Waals surface area contributed by atoms with Crippen molar-refractivity contribution in [2.24, 2.45) is 5.92 Å². The van der Waals surface area contributed by atoms with Gasteiger partial charge in [-0.2, -0.15) is 0 Å². The van der Waals surface area contributed by atoms with Gasteiger partial charge in [0.1, 0.15) is 0 Å². The topological polar surface area (TPSA) is 40.5 Å². The molecular formula is C22H26ClNO2. The molecule has 0 bridgehead atoms. The molecule has 138 valence electrons. The Kier molecular flexibility index (Phi) is 6.70. The van der Waals surface area contributed by atoms with Crippen molar-refractivity contribution in [1.29, 1.82) is 0 Å². The van der Waals surface area contributed by atoms with Crippen LogP contribution in [0.3, 0.4) is 0 Å². The van der Waals surface area contributed by atoms with E-state index in [2.05, 4.69) is 12.1 Å². The summed E-state index contributed by atoms with van der Waals surface area (Å²) in [5.41, 5.74) is 2.21. The number of halogens is 1. The highest BCUT2D eigenvalue weighted by Crippen LogP contribution is 2.31. The molecule has 0 aromatic heterocycles. The molecule has 1 amide bonds. The number of aliphatic hydroxyl groups is 1. The third kappa shape index (κ3) is 4.87. The summed E-state index contributed by atoms with van der Waals surface area (Å²) in [6.45, 7) is 1.82. The van der Waals surface area contributed by atoms with Gasteiger partial charge in [0.2, 0.25) is 5.91 Å². The van der Waals surface area contributed by atoms with Gasteiger partial charge in [0.25, 0.3) is 0 Å². The van der Waals surface area contributed by atoms with Crippen molar-refractivity contribution < 1.29 is 9.90 Å². The van der Waals surface area contributed by atoms with Crippen LogP contribution in [0.5, 0.6) is 0 Å². The third-order valence-electron chi connectivity index (χ3n) is 5.34. The number of likely N-dealkylation sites (tertiary alicyclic amines) is 1. The van der Waals surface area contributed by atoms with Crippen LogP contribution in [-0.4, -0.2) is 35.6 Å². The number of rotatable bonds is 6. The van der Waals surface area contributed by atoms with Gasteiger partial charge in [0.05, 0.1) is 0 Å². The van der Waals surface area contributed by atoms with E-state index in [1.54, 1.807) is 0 Å². The summed E-state index contributed by atoms with van der Waals surface area (Å²) in [7, 11) is 0. The lowest BCUT2D eigenvalue weighted by atomic mass is 9.87. The molecule has 2 aromatic rings. The number of nitrogens with zero attached hydrogens (tertiary/aromatic N) is 1. The number of carbonyl (C=O) groups excluding carboxylic acids is 1. The number of amides is 1. The molecule has 1 fully saturated rings. The van der Waals surface area contributed by atoms with Crippen molar-refractivity contribution >= 4 is 17.5 Å². The molecule has 26 heavy (non-hydrogen) atoms. The Morgan fingerprint density at radius 3 is 2.42 bits per heavy atom. The lowest BCUT2D eigenvalue weighted by molar-refractivity contribution is -0.132. The first kappa shape index (κ1) is 18.9. The average Bonchev–Trinajstić information content (AvgIpc) is 2.67. The SMILES string of the molecule is O=C(CC(c1ccccc1)c1cccc(Cl)c1)N1CCC(CCO)CC1. The summed E-state index contributed by atoms with van der Waals surface area (Å²) in [6.07, 6.45) is 3.27. The Labute approximate surface area is 160 Å². The molecule has 4 heteroatoms. The maximum atomic E-state index is 12.9. The van der Waals surface area contributed by atoms with Gasteiger partial charge in [-0.3, -0.25) is 4.79 Å². The van der Waals surface area contributed by atoms with E-state index >= 15 is 0 Å². The predicted octanol–water partition coefficient (Wildman–Crippen LogP) is 4.48. The van der Waals surface area contributed by atoms with Crippen molar-refractivity contribution in [1.82, 2.24) is 4.90 Å². The zero-order valence-corrected chi connectivity index (χ0v) is 15.7. The normalized spacial score (nSPS) is 16.5. The predicted molar refractivity (Wildman–Crippen MR) is 105 cm³/mol. The Balaban J connectivity index is 1.73. The van der Waals surface area contributed by atoms with Crippen molar-refractivity contribution in [2.45, 2.75) is 31.6 Å². The van der Waals surface area contributed by atoms with Crippen LogP contribution in [0, 0.1) is 5.92 Å². The smallest absolute Gasteiger partial charge is 0.223 e. The Hall–Kier alpha value is -1.84. The van der Waals surface area contributed by atoms with Gasteiger partial charge in [0, 0.05) is 37.1 Å². The van der Waals surface area contributed by atoms with Gasteiger partial charge in [-0.05, 0) is 48.4 Å². The second-order valence-electron chi connectivity index (χ2n) is 7.06. The van der Waals surface area contributed by atoms with E-state index in [0.717, 1.165) is 43.5 Å². The van der Waals surface area contributed by atoms with Crippen LogP contribution in [0.1, 0.15) is 42.7 Å². The van der Waals surface area contributed by atoms with E-state index in [1.165, 1.54) is 0 Å². The highest BCUT2D eigenvalue weighted by Gasteiger charge is 2.26. The number of carbonyl (C=O) groups is 1. The highest BCUT2D eigenvalue weighted by atomic mass is 35.5. The van der Waals surface area contributed by atoms with Gasteiger partial charge in [0.15, 0.2) is 0 Å². The van der Waals surface area contributed by atoms with Crippen molar-refractivity contribution in [3.05, 3.63) is 70.7 Å². The van der Waals surface area contributed by atoms with E-state index in [-0.39, 0.29) is 18.4 Å². The molecule has 0 radical (unpaired) electrons. The number of hydrogen-bond donors (Lipinski definition) is 1. The fraction of sp³-hybridized carbons (Fsp3) is 0.409. The zero-order chi connectivity index (χ0) is 18.4. The van der Waals surface area contributed by atoms with Crippen molar-refractivity contribution in [3.63, 3.8) is 0 Å². The lowest BCUT2D eigenvalue weighted by Crippen LogP contribution is -2.39. The fourth-order valence-electron chi connectivity index (χ4n) is 3.79. The molecule has 1 unspecified atom stereocenters.